The number of piperidine rings is 1. The van der Waals surface area contributed by atoms with Crippen LogP contribution in [0.15, 0.2) is 54.2 Å². The van der Waals surface area contributed by atoms with Crippen LogP contribution in [0.1, 0.15) is 159 Å². The number of phenolic OH excluding ortho intramolecular Hbond substituents is 1. The van der Waals surface area contributed by atoms with Crippen molar-refractivity contribution in [2.24, 2.45) is 47.3 Å². The van der Waals surface area contributed by atoms with Gasteiger partial charge in [0.05, 0.1) is 36.4 Å². The van der Waals surface area contributed by atoms with Crippen LogP contribution in [0, 0.1) is 53.2 Å². The number of carbonyl (C=O) groups excluding carboxylic acids is 6. The number of aldehydes is 1. The Labute approximate surface area is 502 Å². The summed E-state index contributed by atoms with van der Waals surface area (Å²) in [5.41, 5.74) is 2.00. The molecule has 3 aliphatic heterocycles. The summed E-state index contributed by atoms with van der Waals surface area (Å²) < 4.78 is 20.7. The first-order valence-electron chi connectivity index (χ1n) is 29.6. The minimum Gasteiger partial charge on any atom is -0.508 e. The smallest absolute Gasteiger partial charge is 0.325 e. The molecule has 22 heteroatoms. The van der Waals surface area contributed by atoms with Crippen LogP contribution in [0.4, 0.5) is 4.39 Å². The number of phenols is 1. The number of allylic oxidation sites excluding steroid dienone is 3. The summed E-state index contributed by atoms with van der Waals surface area (Å²) in [6.45, 7) is 19.6. The highest BCUT2D eigenvalue weighted by atomic mass is 33.1. The van der Waals surface area contributed by atoms with E-state index in [0.717, 1.165) is 18.4 Å². The molecule has 3 aliphatic rings. The molecular formula is C61H100FN5O14S2. The Morgan fingerprint density at radius 2 is 1.49 bits per heavy atom. The molecule has 4 amide bonds. The van der Waals surface area contributed by atoms with E-state index in [1.807, 2.05) is 47.6 Å². The van der Waals surface area contributed by atoms with E-state index in [1.54, 1.807) is 45.9 Å². The summed E-state index contributed by atoms with van der Waals surface area (Å²) in [6, 6.07) is -0.252. The number of aromatic hydroxyl groups is 1. The quantitative estimate of drug-likeness (QED) is 0.0244. The zero-order valence-electron chi connectivity index (χ0n) is 50.6. The summed E-state index contributed by atoms with van der Waals surface area (Å²) in [7, 11) is 0. The predicted octanol–water partition coefficient (Wildman–Crippen LogP) is 6.12. The summed E-state index contributed by atoms with van der Waals surface area (Å²) in [5.74, 6) is -7.47. The van der Waals surface area contributed by atoms with Crippen molar-refractivity contribution in [3.05, 3.63) is 65.5 Å². The summed E-state index contributed by atoms with van der Waals surface area (Å²) in [5, 5.41) is 87.7. The minimum absolute atomic E-state index is 0.115. The van der Waals surface area contributed by atoms with Gasteiger partial charge in [-0.2, -0.15) is 0 Å². The summed E-state index contributed by atoms with van der Waals surface area (Å²) >= 11 is 6.44. The Balaban J connectivity index is 0.00000455. The van der Waals surface area contributed by atoms with E-state index in [2.05, 4.69) is 44.7 Å². The number of ether oxygens (including phenoxy) is 1. The molecule has 83 heavy (non-hydrogen) atoms. The van der Waals surface area contributed by atoms with Gasteiger partial charge in [0.1, 0.15) is 47.8 Å². The second-order valence-electron chi connectivity index (χ2n) is 23.5. The molecule has 0 aliphatic carbocycles. The molecule has 2 fully saturated rings. The Kier molecular flexibility index (Phi) is 33.5. The fourth-order valence-corrected chi connectivity index (χ4v) is 11.0. The molecular weight excluding hydrogens is 1110 g/mol. The number of thiol groups is 2. The SMILES string of the molecule is CC=O.CCCC1C(=O)NC(C(C)C)C(=O)NC(Cc2cc(O)cc(F)c2)C(=O)N2CCCC(N2)C(=O)O[C@H](/C(C)=C/C(O)C(O)CCC(C)C(O)CCC(C)C(O)C(C)[C@@]2(O)NC(=O)C(CC)C[C@@H]2C)C/C=C/C=C/CC(C)C1O.SS. The van der Waals surface area contributed by atoms with E-state index < -0.39 is 113 Å². The average Bonchev–Trinajstić information content (AvgIpc) is 3.60. The number of halogens is 1. The first-order chi connectivity index (χ1) is 39.1. The molecule has 1 aromatic carbocycles. The largest absolute Gasteiger partial charge is 0.508 e. The number of carbonyl (C=O) groups is 6. The molecule has 0 aromatic heterocycles. The second-order valence-corrected chi connectivity index (χ2v) is 23.5. The lowest BCUT2D eigenvalue weighted by atomic mass is 9.72. The van der Waals surface area contributed by atoms with Crippen molar-refractivity contribution in [3.63, 3.8) is 0 Å². The van der Waals surface area contributed by atoms with Gasteiger partial charge in [0.25, 0.3) is 5.91 Å². The highest BCUT2D eigenvalue weighted by molar-refractivity contribution is 8.59. The zero-order chi connectivity index (χ0) is 62.9. The second kappa shape index (κ2) is 37.2. The number of rotatable bonds is 19. The Hall–Kier alpha value is -4.39. The third kappa shape index (κ3) is 23.1. The molecule has 0 spiro atoms. The number of aliphatic hydroxyl groups excluding tert-OH is 5. The van der Waals surface area contributed by atoms with Gasteiger partial charge in [-0.3, -0.25) is 29.0 Å². The lowest BCUT2D eigenvalue weighted by molar-refractivity contribution is -0.170. The van der Waals surface area contributed by atoms with Crippen molar-refractivity contribution < 1.29 is 73.6 Å². The van der Waals surface area contributed by atoms with Crippen LogP contribution in [0.2, 0.25) is 0 Å². The van der Waals surface area contributed by atoms with Crippen LogP contribution in [0.25, 0.3) is 0 Å². The van der Waals surface area contributed by atoms with Gasteiger partial charge in [-0.25, -0.2) is 9.82 Å². The van der Waals surface area contributed by atoms with E-state index >= 15 is 0 Å². The van der Waals surface area contributed by atoms with Crippen molar-refractivity contribution in [2.75, 3.05) is 6.54 Å². The highest BCUT2D eigenvalue weighted by Crippen LogP contribution is 2.38. The zero-order valence-corrected chi connectivity index (χ0v) is 52.4. The third-order valence-corrected chi connectivity index (χ3v) is 16.6. The number of fused-ring (bicyclic) bond motifs is 2. The lowest BCUT2D eigenvalue weighted by Crippen LogP contribution is -2.65. The average molecular weight is 1210 g/mol. The molecule has 19 nitrogen and oxygen atoms in total. The molecule has 4 rings (SSSR count). The summed E-state index contributed by atoms with van der Waals surface area (Å²) in [6.07, 6.45) is 7.03. The van der Waals surface area contributed by atoms with Crippen LogP contribution in [0.3, 0.4) is 0 Å². The molecule has 17 atom stereocenters. The van der Waals surface area contributed by atoms with E-state index in [9.17, 15) is 64.1 Å². The maximum absolute atomic E-state index is 14.6. The number of benzene rings is 1. The molecule has 0 saturated carbocycles. The topological polar surface area (TPSA) is 305 Å². The van der Waals surface area contributed by atoms with E-state index in [-0.39, 0.29) is 73.3 Å². The van der Waals surface area contributed by atoms with Crippen LogP contribution in [0.5, 0.6) is 5.75 Å². The van der Waals surface area contributed by atoms with Crippen molar-refractivity contribution in [1.82, 2.24) is 26.4 Å². The molecule has 472 valence electrons. The predicted molar refractivity (Wildman–Crippen MR) is 323 cm³/mol. The Morgan fingerprint density at radius 1 is 0.880 bits per heavy atom. The van der Waals surface area contributed by atoms with Crippen LogP contribution in [-0.2, 0) is 39.9 Å². The Morgan fingerprint density at radius 3 is 2.10 bits per heavy atom. The van der Waals surface area contributed by atoms with E-state index in [0.29, 0.717) is 63.4 Å². The van der Waals surface area contributed by atoms with Gasteiger partial charge in [-0.1, -0.05) is 99.1 Å². The third-order valence-electron chi connectivity index (χ3n) is 16.6. The molecule has 11 N–H and O–H groups in total. The number of hydrazine groups is 1. The van der Waals surface area contributed by atoms with Crippen LogP contribution < -0.4 is 21.4 Å². The van der Waals surface area contributed by atoms with Crippen molar-refractivity contribution in [2.45, 2.75) is 220 Å². The molecule has 0 radical (unpaired) electrons. The number of nitrogens with one attached hydrogen (secondary N) is 4. The lowest BCUT2D eigenvalue weighted by Gasteiger charge is -2.47. The highest BCUT2D eigenvalue weighted by Gasteiger charge is 2.49. The molecule has 3 heterocycles. The molecule has 2 bridgehead atoms. The maximum atomic E-state index is 14.6. The van der Waals surface area contributed by atoms with Gasteiger partial charge in [0, 0.05) is 43.2 Å². The van der Waals surface area contributed by atoms with Gasteiger partial charge >= 0.3 is 5.97 Å². The van der Waals surface area contributed by atoms with Crippen LogP contribution >= 0.6 is 23.3 Å². The fraction of sp³-hybridized carbons (Fsp3) is 0.705. The Bertz CT molecular complexity index is 2280. The number of nitrogens with zero attached hydrogens (tertiary/aromatic N) is 1. The number of amides is 4. The van der Waals surface area contributed by atoms with E-state index in [1.165, 1.54) is 24.1 Å². The number of hydrogen-bond acceptors (Lipinski definition) is 17. The van der Waals surface area contributed by atoms with Crippen LogP contribution in [-0.4, -0.2) is 144 Å². The van der Waals surface area contributed by atoms with E-state index in [4.69, 9.17) is 9.53 Å². The molecule has 14 unspecified atom stereocenters. The number of esters is 1. The number of aliphatic hydroxyl groups is 6. The fourth-order valence-electron chi connectivity index (χ4n) is 11.0. The molecule has 2 saturated heterocycles. The first-order valence-corrected chi connectivity index (χ1v) is 31.2. The maximum Gasteiger partial charge on any atom is 0.325 e. The monoisotopic (exact) mass is 1210 g/mol. The minimum atomic E-state index is -1.57. The number of cyclic esters (lactones) is 1. The van der Waals surface area contributed by atoms with Gasteiger partial charge in [0.15, 0.2) is 0 Å². The normalized spacial score (nSPS) is 29.6. The standard InChI is InChI=1S/C59H94FN5O13.C2H4O.H2S2/c1-11-18-44-53(71)35(6)19-15-13-14-16-21-50(37(8)27-49(69)48(68)25-22-34(5)47(67)24-23-36(7)52(70)39(10)59(77)38(9)28-41(12-2)54(72)63-59)78-58(76)45-20-17-26-65(64-45)57(75)46(31-40-29-42(60)32-43(66)30-40)61-56(74)51(33(3)4)62-55(44)73;1-2-3;1-2/h13-16,27,29-30,32-36,38-39,41,44-53,64,66-71,77H,11-12,17-26,28,31H2,1-10H3,(H,61,74)(H,62,73)(H,63,72);2H,1H3;1-2H/b15-13+,16-14+,37-27+;;/t34?,35?,36?,38-,39?,41?,44?,45?,46?,47?,48?,49?,50-,51?,52?,53?,59+;;/m0../s1. The van der Waals surface area contributed by atoms with Gasteiger partial charge in [0.2, 0.25) is 17.7 Å². The summed E-state index contributed by atoms with van der Waals surface area (Å²) in [4.78, 5) is 78.1. The molecule has 1 aromatic rings. The van der Waals surface area contributed by atoms with Gasteiger partial charge in [-0.15, -0.1) is 23.3 Å². The van der Waals surface area contributed by atoms with Gasteiger partial charge < -0.3 is 61.2 Å². The van der Waals surface area contributed by atoms with Crippen molar-refractivity contribution in [1.29, 1.82) is 0 Å². The van der Waals surface area contributed by atoms with Crippen molar-refractivity contribution in [3.8, 4) is 5.75 Å². The number of hydrogen-bond donors (Lipinski definition) is 13. The van der Waals surface area contributed by atoms with Gasteiger partial charge in [-0.05, 0) is 125 Å². The van der Waals surface area contributed by atoms with Crippen molar-refractivity contribution >= 4 is 59.2 Å². The first kappa shape index (κ1) is 74.7.